The highest BCUT2D eigenvalue weighted by atomic mass is 16.9. The van der Waals surface area contributed by atoms with E-state index < -0.39 is 5.97 Å². The zero-order chi connectivity index (χ0) is 23.5. The third-order valence-electron chi connectivity index (χ3n) is 8.03. The first kappa shape index (κ1) is 29.9. The molecule has 1 fully saturated rings. The molecule has 32 heavy (non-hydrogen) atoms. The van der Waals surface area contributed by atoms with Crippen molar-refractivity contribution in [3.8, 4) is 0 Å². The van der Waals surface area contributed by atoms with Crippen molar-refractivity contribution < 1.29 is 14.2 Å². The molecule has 0 heterocycles. The minimum Gasteiger partial charge on any atom is -0.331 e. The Balaban J connectivity index is 2.51. The van der Waals surface area contributed by atoms with Crippen LogP contribution in [0, 0.1) is 17.8 Å². The Bertz CT molecular complexity index is 399. The molecule has 1 aliphatic rings. The molecule has 3 heteroatoms. The topological polar surface area (TPSA) is 27.7 Å². The van der Waals surface area contributed by atoms with E-state index in [0.29, 0.717) is 11.8 Å². The monoisotopic (exact) mass is 454 g/mol. The van der Waals surface area contributed by atoms with E-state index in [4.69, 9.17) is 14.2 Å². The number of methoxy groups -OCH3 is 3. The van der Waals surface area contributed by atoms with Gasteiger partial charge in [0.1, 0.15) is 0 Å². The van der Waals surface area contributed by atoms with Crippen LogP contribution >= 0.6 is 0 Å². The summed E-state index contributed by atoms with van der Waals surface area (Å²) in [7, 11) is 5.26. The second-order valence-corrected chi connectivity index (χ2v) is 10.4. The summed E-state index contributed by atoms with van der Waals surface area (Å²) in [5, 5.41) is 0. The molecule has 0 amide bonds. The maximum Gasteiger partial charge on any atom is 0.285 e. The van der Waals surface area contributed by atoms with Crippen LogP contribution in [-0.4, -0.2) is 27.3 Å². The van der Waals surface area contributed by atoms with E-state index in [9.17, 15) is 0 Å². The van der Waals surface area contributed by atoms with Crippen molar-refractivity contribution in [1.82, 2.24) is 0 Å². The molecule has 0 aliphatic heterocycles. The normalized spacial score (nSPS) is 20.5. The van der Waals surface area contributed by atoms with Gasteiger partial charge in [-0.25, -0.2) is 0 Å². The molecule has 1 aliphatic carbocycles. The fourth-order valence-corrected chi connectivity index (χ4v) is 6.08. The molecule has 1 saturated carbocycles. The average Bonchev–Trinajstić information content (AvgIpc) is 2.83. The quantitative estimate of drug-likeness (QED) is 0.128. The van der Waals surface area contributed by atoms with E-state index in [0.717, 1.165) is 12.3 Å². The van der Waals surface area contributed by atoms with Crippen molar-refractivity contribution in [2.45, 2.75) is 148 Å². The molecule has 3 unspecified atom stereocenters. The summed E-state index contributed by atoms with van der Waals surface area (Å²) in [5.41, 5.74) is 0. The van der Waals surface area contributed by atoms with Crippen LogP contribution in [0.25, 0.3) is 0 Å². The molecule has 0 N–H and O–H groups in total. The van der Waals surface area contributed by atoms with Gasteiger partial charge in [-0.1, -0.05) is 123 Å². The molecule has 0 bridgehead atoms. The van der Waals surface area contributed by atoms with Crippen LogP contribution in [0.2, 0.25) is 0 Å². The minimum atomic E-state index is -0.880. The lowest BCUT2D eigenvalue weighted by atomic mass is 9.71. The second kappa shape index (κ2) is 19.2. The third kappa shape index (κ3) is 11.3. The number of ether oxygens (including phenoxy) is 3. The molecule has 0 aromatic rings. The first-order valence-corrected chi connectivity index (χ1v) is 14.3. The van der Waals surface area contributed by atoms with Gasteiger partial charge in [0, 0.05) is 27.2 Å². The Labute approximate surface area is 201 Å². The molecule has 0 spiro atoms. The van der Waals surface area contributed by atoms with Crippen LogP contribution in [0.4, 0.5) is 0 Å². The van der Waals surface area contributed by atoms with Crippen molar-refractivity contribution >= 4 is 0 Å². The molecule has 0 radical (unpaired) electrons. The Kier molecular flexibility index (Phi) is 18.0. The predicted octanol–water partition coefficient (Wildman–Crippen LogP) is 9.28. The Hall–Kier alpha value is -0.120. The number of hydrogen-bond donors (Lipinski definition) is 0. The van der Waals surface area contributed by atoms with Gasteiger partial charge < -0.3 is 14.2 Å². The van der Waals surface area contributed by atoms with Gasteiger partial charge in [0.25, 0.3) is 5.97 Å². The van der Waals surface area contributed by atoms with E-state index in [1.165, 1.54) is 122 Å². The van der Waals surface area contributed by atoms with Crippen molar-refractivity contribution in [2.75, 3.05) is 21.3 Å². The lowest BCUT2D eigenvalue weighted by Crippen LogP contribution is -2.48. The first-order valence-electron chi connectivity index (χ1n) is 14.3. The van der Waals surface area contributed by atoms with Crippen LogP contribution < -0.4 is 0 Å². The van der Waals surface area contributed by atoms with Gasteiger partial charge in [-0.3, -0.25) is 0 Å². The summed E-state index contributed by atoms with van der Waals surface area (Å²) in [6.45, 7) is 4.58. The van der Waals surface area contributed by atoms with Crippen LogP contribution in [0.3, 0.4) is 0 Å². The Morgan fingerprint density at radius 2 is 1.16 bits per heavy atom. The average molecular weight is 455 g/mol. The highest BCUT2D eigenvalue weighted by Crippen LogP contribution is 2.44. The van der Waals surface area contributed by atoms with Gasteiger partial charge in [-0.2, -0.15) is 0 Å². The maximum absolute atomic E-state index is 5.89. The van der Waals surface area contributed by atoms with Crippen LogP contribution in [-0.2, 0) is 14.2 Å². The smallest absolute Gasteiger partial charge is 0.285 e. The fraction of sp³-hybridized carbons (Fsp3) is 1.00. The minimum absolute atomic E-state index is 0.329. The summed E-state index contributed by atoms with van der Waals surface area (Å²) >= 11 is 0. The second-order valence-electron chi connectivity index (χ2n) is 10.4. The lowest BCUT2D eigenvalue weighted by Gasteiger charge is -2.43. The molecule has 0 aromatic carbocycles. The van der Waals surface area contributed by atoms with Gasteiger partial charge in [0.2, 0.25) is 0 Å². The van der Waals surface area contributed by atoms with Gasteiger partial charge in [-0.05, 0) is 31.1 Å². The van der Waals surface area contributed by atoms with E-state index in [2.05, 4.69) is 13.8 Å². The van der Waals surface area contributed by atoms with Gasteiger partial charge in [0.15, 0.2) is 0 Å². The highest BCUT2D eigenvalue weighted by molar-refractivity contribution is 4.84. The van der Waals surface area contributed by atoms with Crippen LogP contribution in [0.5, 0.6) is 0 Å². The number of hydrogen-bond acceptors (Lipinski definition) is 3. The summed E-state index contributed by atoms with van der Waals surface area (Å²) in [4.78, 5) is 0. The van der Waals surface area contributed by atoms with Crippen molar-refractivity contribution in [2.24, 2.45) is 17.8 Å². The van der Waals surface area contributed by atoms with Gasteiger partial charge in [0.05, 0.1) is 0 Å². The SMILES string of the molecule is CCCCCCCCCCC1CCCC(C(CCCCCCCC)C(OC)(OC)OC)C1. The Morgan fingerprint density at radius 3 is 1.69 bits per heavy atom. The van der Waals surface area contributed by atoms with Crippen molar-refractivity contribution in [3.05, 3.63) is 0 Å². The zero-order valence-electron chi connectivity index (χ0n) is 22.6. The largest absolute Gasteiger partial charge is 0.331 e. The molecule has 3 nitrogen and oxygen atoms in total. The third-order valence-corrected chi connectivity index (χ3v) is 8.03. The summed E-state index contributed by atoms with van der Waals surface area (Å²) in [6, 6.07) is 0. The molecule has 1 rings (SSSR count). The zero-order valence-corrected chi connectivity index (χ0v) is 22.6. The molecule has 192 valence electrons. The molecular formula is C29H58O3. The molecule has 3 atom stereocenters. The number of rotatable bonds is 21. The molecule has 0 aromatic heterocycles. The predicted molar refractivity (Wildman–Crippen MR) is 138 cm³/mol. The molecule has 0 saturated heterocycles. The van der Waals surface area contributed by atoms with E-state index in [1.807, 2.05) is 0 Å². The van der Waals surface area contributed by atoms with Crippen LogP contribution in [0.15, 0.2) is 0 Å². The lowest BCUT2D eigenvalue weighted by molar-refractivity contribution is -0.387. The van der Waals surface area contributed by atoms with Crippen LogP contribution in [0.1, 0.15) is 142 Å². The van der Waals surface area contributed by atoms with Crippen molar-refractivity contribution in [1.29, 1.82) is 0 Å². The van der Waals surface area contributed by atoms with E-state index in [-0.39, 0.29) is 0 Å². The number of unbranched alkanes of at least 4 members (excludes halogenated alkanes) is 12. The van der Waals surface area contributed by atoms with Gasteiger partial charge >= 0.3 is 0 Å². The summed E-state index contributed by atoms with van der Waals surface area (Å²) in [5.74, 6) is 0.978. The standard InChI is InChI=1S/C29H58O3/c1-6-8-10-12-14-15-16-18-21-26-22-20-23-27(25-26)28(29(30-3,31-4)32-5)24-19-17-13-11-9-7-2/h26-28H,6-25H2,1-5H3. The van der Waals surface area contributed by atoms with E-state index in [1.54, 1.807) is 21.3 Å². The highest BCUT2D eigenvalue weighted by Gasteiger charge is 2.45. The van der Waals surface area contributed by atoms with Gasteiger partial charge in [-0.15, -0.1) is 0 Å². The summed E-state index contributed by atoms with van der Waals surface area (Å²) < 4.78 is 17.7. The van der Waals surface area contributed by atoms with E-state index >= 15 is 0 Å². The summed E-state index contributed by atoms with van der Waals surface area (Å²) in [6.07, 6.45) is 27.3. The first-order chi connectivity index (χ1) is 15.7. The maximum atomic E-state index is 5.89. The fourth-order valence-electron chi connectivity index (χ4n) is 6.08. The molecular weight excluding hydrogens is 396 g/mol. The van der Waals surface area contributed by atoms with Crippen molar-refractivity contribution in [3.63, 3.8) is 0 Å². The Morgan fingerprint density at radius 1 is 0.656 bits per heavy atom.